The van der Waals surface area contributed by atoms with E-state index in [-0.39, 0.29) is 0 Å². The summed E-state index contributed by atoms with van der Waals surface area (Å²) in [6, 6.07) is 18.3. The summed E-state index contributed by atoms with van der Waals surface area (Å²) in [6.45, 7) is 4.06. The zero-order valence-corrected chi connectivity index (χ0v) is 13.0. The topological polar surface area (TPSA) is 34.0 Å². The van der Waals surface area contributed by atoms with Crippen LogP contribution in [0.25, 0.3) is 10.8 Å². The second-order valence-electron chi connectivity index (χ2n) is 5.37. The monoisotopic (exact) mass is 290 g/mol. The van der Waals surface area contributed by atoms with Crippen LogP contribution in [0, 0.1) is 13.8 Å². The second kappa shape index (κ2) is 5.98. The minimum Gasteiger partial charge on any atom is -0.494 e. The lowest BCUT2D eigenvalue weighted by atomic mass is 10.1. The van der Waals surface area contributed by atoms with Crippen LogP contribution in [0.1, 0.15) is 11.1 Å². The van der Waals surface area contributed by atoms with E-state index in [1.807, 2.05) is 44.2 Å². The zero-order chi connectivity index (χ0) is 15.5. The van der Waals surface area contributed by atoms with Gasteiger partial charge in [-0.05, 0) is 53.9 Å². The van der Waals surface area contributed by atoms with Gasteiger partial charge in [0.15, 0.2) is 0 Å². The molecule has 0 saturated carbocycles. The van der Waals surface area contributed by atoms with Gasteiger partial charge in [-0.1, -0.05) is 36.4 Å². The molecule has 0 N–H and O–H groups in total. The number of aryl methyl sites for hydroxylation is 2. The third-order valence-corrected chi connectivity index (χ3v) is 3.61. The number of fused-ring (bicyclic) bond motifs is 1. The first-order valence-corrected chi connectivity index (χ1v) is 7.23. The average Bonchev–Trinajstić information content (AvgIpc) is 2.52. The number of benzene rings is 3. The molecule has 110 valence electrons. The van der Waals surface area contributed by atoms with Crippen molar-refractivity contribution in [3.05, 3.63) is 65.7 Å². The van der Waals surface area contributed by atoms with Crippen LogP contribution in [0.5, 0.6) is 5.75 Å². The van der Waals surface area contributed by atoms with Crippen LogP contribution < -0.4 is 4.74 Å². The Morgan fingerprint density at radius 3 is 2.36 bits per heavy atom. The number of azo groups is 1. The molecule has 0 fully saturated rings. The fraction of sp³-hybridized carbons (Fsp3) is 0.158. The van der Waals surface area contributed by atoms with Crippen molar-refractivity contribution < 1.29 is 4.74 Å². The maximum Gasteiger partial charge on any atom is 0.149 e. The van der Waals surface area contributed by atoms with Crippen LogP contribution in [0.4, 0.5) is 11.4 Å². The number of nitrogens with zero attached hydrogens (tertiary/aromatic N) is 2. The van der Waals surface area contributed by atoms with Gasteiger partial charge < -0.3 is 4.74 Å². The maximum atomic E-state index is 5.44. The van der Waals surface area contributed by atoms with Crippen LogP contribution in [0.15, 0.2) is 64.8 Å². The van der Waals surface area contributed by atoms with Gasteiger partial charge in [-0.2, -0.15) is 5.11 Å². The Labute approximate surface area is 130 Å². The Balaban J connectivity index is 1.99. The fourth-order valence-corrected chi connectivity index (χ4v) is 2.62. The largest absolute Gasteiger partial charge is 0.494 e. The van der Waals surface area contributed by atoms with E-state index < -0.39 is 0 Å². The normalized spacial score (nSPS) is 11.2. The summed E-state index contributed by atoms with van der Waals surface area (Å²) in [5, 5.41) is 11.1. The van der Waals surface area contributed by atoms with Crippen molar-refractivity contribution in [3.8, 4) is 5.75 Å². The molecule has 0 saturated heterocycles. The van der Waals surface area contributed by atoms with E-state index in [4.69, 9.17) is 4.74 Å². The van der Waals surface area contributed by atoms with Crippen LogP contribution in [-0.2, 0) is 0 Å². The first-order valence-electron chi connectivity index (χ1n) is 7.23. The highest BCUT2D eigenvalue weighted by molar-refractivity contribution is 5.85. The first kappa shape index (κ1) is 14.3. The summed E-state index contributed by atoms with van der Waals surface area (Å²) in [5.41, 5.74) is 3.80. The van der Waals surface area contributed by atoms with E-state index in [1.165, 1.54) is 5.39 Å². The van der Waals surface area contributed by atoms with Crippen LogP contribution in [0.3, 0.4) is 0 Å². The number of ether oxygens (including phenoxy) is 1. The predicted molar refractivity (Wildman–Crippen MR) is 90.6 cm³/mol. The van der Waals surface area contributed by atoms with Crippen molar-refractivity contribution in [2.75, 3.05) is 7.11 Å². The van der Waals surface area contributed by atoms with Gasteiger partial charge in [0.25, 0.3) is 0 Å². The lowest BCUT2D eigenvalue weighted by molar-refractivity contribution is 0.412. The quantitative estimate of drug-likeness (QED) is 0.554. The van der Waals surface area contributed by atoms with Gasteiger partial charge in [-0.15, -0.1) is 5.11 Å². The molecule has 0 aliphatic heterocycles. The Morgan fingerprint density at radius 1 is 0.818 bits per heavy atom. The number of rotatable bonds is 3. The highest BCUT2D eigenvalue weighted by atomic mass is 16.5. The van der Waals surface area contributed by atoms with E-state index in [0.29, 0.717) is 0 Å². The minimum atomic E-state index is 0.758. The molecule has 0 bridgehead atoms. The van der Waals surface area contributed by atoms with Gasteiger partial charge >= 0.3 is 0 Å². The molecule has 3 nitrogen and oxygen atoms in total. The lowest BCUT2D eigenvalue weighted by Gasteiger charge is -2.08. The summed E-state index contributed by atoms with van der Waals surface area (Å²) in [4.78, 5) is 0. The third kappa shape index (κ3) is 2.84. The van der Waals surface area contributed by atoms with Crippen molar-refractivity contribution in [3.63, 3.8) is 0 Å². The molecule has 0 unspecified atom stereocenters. The zero-order valence-electron chi connectivity index (χ0n) is 13.0. The number of methoxy groups -OCH3 is 1. The third-order valence-electron chi connectivity index (χ3n) is 3.61. The molecule has 0 heterocycles. The highest BCUT2D eigenvalue weighted by Gasteiger charge is 2.06. The van der Waals surface area contributed by atoms with E-state index in [9.17, 15) is 0 Å². The molecule has 3 rings (SSSR count). The molecular weight excluding hydrogens is 272 g/mol. The summed E-state index contributed by atoms with van der Waals surface area (Å²) in [5.74, 6) is 0.773. The average molecular weight is 290 g/mol. The minimum absolute atomic E-state index is 0.758. The molecule has 0 amide bonds. The summed E-state index contributed by atoms with van der Waals surface area (Å²) in [6.07, 6.45) is 0. The molecule has 0 spiro atoms. The van der Waals surface area contributed by atoms with Crippen molar-refractivity contribution in [1.82, 2.24) is 0 Å². The molecule has 3 aromatic rings. The van der Waals surface area contributed by atoms with Crippen molar-refractivity contribution in [1.29, 1.82) is 0 Å². The molecule has 0 radical (unpaired) electrons. The van der Waals surface area contributed by atoms with E-state index in [1.54, 1.807) is 7.11 Å². The molecule has 22 heavy (non-hydrogen) atoms. The maximum absolute atomic E-state index is 5.44. The predicted octanol–water partition coefficient (Wildman–Crippen LogP) is 5.88. The van der Waals surface area contributed by atoms with Gasteiger partial charge in [0.1, 0.15) is 11.4 Å². The van der Waals surface area contributed by atoms with Crippen LogP contribution in [-0.4, -0.2) is 7.11 Å². The van der Waals surface area contributed by atoms with Gasteiger partial charge in [-0.25, -0.2) is 0 Å². The summed E-state index contributed by atoms with van der Waals surface area (Å²) in [7, 11) is 1.66. The SMILES string of the molecule is COc1c(C)cc(C)cc1N=Nc1ccc2ccccc2c1. The van der Waals surface area contributed by atoms with Gasteiger partial charge in [0.05, 0.1) is 12.8 Å². The molecular formula is C19H18N2O. The standard InChI is InChI=1S/C19H18N2O/c1-13-10-14(2)19(22-3)18(11-13)21-20-17-9-8-15-6-4-5-7-16(15)12-17/h4-12H,1-3H3. The molecule has 0 aromatic heterocycles. The first-order chi connectivity index (χ1) is 10.7. The van der Waals surface area contributed by atoms with E-state index >= 15 is 0 Å². The van der Waals surface area contributed by atoms with Crippen molar-refractivity contribution >= 4 is 22.1 Å². The lowest BCUT2D eigenvalue weighted by Crippen LogP contribution is -1.88. The molecule has 0 aliphatic rings. The fourth-order valence-electron chi connectivity index (χ4n) is 2.62. The van der Waals surface area contributed by atoms with Crippen LogP contribution in [0.2, 0.25) is 0 Å². The van der Waals surface area contributed by atoms with Gasteiger partial charge in [0, 0.05) is 0 Å². The van der Waals surface area contributed by atoms with E-state index in [2.05, 4.69) is 34.5 Å². The molecule has 0 aliphatic carbocycles. The van der Waals surface area contributed by atoms with E-state index in [0.717, 1.165) is 33.6 Å². The Kier molecular flexibility index (Phi) is 3.88. The molecule has 3 aromatic carbocycles. The summed E-state index contributed by atoms with van der Waals surface area (Å²) >= 11 is 0. The molecule has 0 atom stereocenters. The Hall–Kier alpha value is -2.68. The van der Waals surface area contributed by atoms with Crippen LogP contribution >= 0.6 is 0 Å². The Bertz CT molecular complexity index is 853. The van der Waals surface area contributed by atoms with Gasteiger partial charge in [0.2, 0.25) is 0 Å². The van der Waals surface area contributed by atoms with Crippen molar-refractivity contribution in [2.45, 2.75) is 13.8 Å². The molecule has 3 heteroatoms. The highest BCUT2D eigenvalue weighted by Crippen LogP contribution is 2.33. The summed E-state index contributed by atoms with van der Waals surface area (Å²) < 4.78 is 5.44. The second-order valence-corrected chi connectivity index (χ2v) is 5.37. The Morgan fingerprint density at radius 2 is 1.59 bits per heavy atom. The van der Waals surface area contributed by atoms with Crippen molar-refractivity contribution in [2.24, 2.45) is 10.2 Å². The number of hydrogen-bond acceptors (Lipinski definition) is 3. The smallest absolute Gasteiger partial charge is 0.149 e. The van der Waals surface area contributed by atoms with Gasteiger partial charge in [-0.3, -0.25) is 0 Å². The number of hydrogen-bond donors (Lipinski definition) is 0.